The van der Waals surface area contributed by atoms with Gasteiger partial charge in [-0.3, -0.25) is 10.9 Å². The Morgan fingerprint density at radius 1 is 1.45 bits per heavy atom. The Kier molecular flexibility index (Phi) is 14.7. The van der Waals surface area contributed by atoms with Gasteiger partial charge in [-0.1, -0.05) is 6.92 Å². The zero-order valence-electron chi connectivity index (χ0n) is 7.98. The van der Waals surface area contributed by atoms with Crippen LogP contribution >= 0.6 is 0 Å². The number of unbranched alkanes of at least 4 members (excludes halogenated alkanes) is 1. The van der Waals surface area contributed by atoms with Crippen LogP contribution in [0.3, 0.4) is 0 Å². The second-order valence-electron chi connectivity index (χ2n) is 2.50. The standard InChI is InChI=1S/C4H12N2.C4H8O/c1-4(2)6-5-3;1-2-3-4-5/h4-6H,1-3H3;4H,2-3H2,1H3. The minimum Gasteiger partial charge on any atom is -0.303 e. The number of aldehydes is 1. The van der Waals surface area contributed by atoms with Crippen molar-refractivity contribution in [3.63, 3.8) is 0 Å². The van der Waals surface area contributed by atoms with Gasteiger partial charge >= 0.3 is 0 Å². The van der Waals surface area contributed by atoms with Crippen molar-refractivity contribution in [1.82, 2.24) is 10.9 Å². The fourth-order valence-corrected chi connectivity index (χ4v) is 0.407. The average molecular weight is 160 g/mol. The summed E-state index contributed by atoms with van der Waals surface area (Å²) in [6.45, 7) is 6.14. The summed E-state index contributed by atoms with van der Waals surface area (Å²) in [5, 5.41) is 0. The third-order valence-electron chi connectivity index (χ3n) is 0.840. The van der Waals surface area contributed by atoms with Crippen molar-refractivity contribution < 1.29 is 4.79 Å². The fourth-order valence-electron chi connectivity index (χ4n) is 0.407. The molecule has 0 spiro atoms. The van der Waals surface area contributed by atoms with Crippen LogP contribution in [-0.4, -0.2) is 19.4 Å². The molecule has 2 N–H and O–H groups in total. The molecule has 0 heterocycles. The maximum Gasteiger partial charge on any atom is 0.119 e. The van der Waals surface area contributed by atoms with Gasteiger partial charge in [0.15, 0.2) is 0 Å². The molecule has 0 radical (unpaired) electrons. The molecule has 68 valence electrons. The average Bonchev–Trinajstić information content (AvgIpc) is 1.90. The van der Waals surface area contributed by atoms with E-state index in [0.717, 1.165) is 12.7 Å². The van der Waals surface area contributed by atoms with Gasteiger partial charge in [-0.25, -0.2) is 0 Å². The number of carbonyl (C=O) groups is 1. The predicted molar refractivity (Wildman–Crippen MR) is 48.3 cm³/mol. The van der Waals surface area contributed by atoms with Crippen molar-refractivity contribution in [2.24, 2.45) is 0 Å². The van der Waals surface area contributed by atoms with Gasteiger partial charge in [0.25, 0.3) is 0 Å². The van der Waals surface area contributed by atoms with Crippen molar-refractivity contribution in [2.45, 2.75) is 39.7 Å². The van der Waals surface area contributed by atoms with E-state index in [9.17, 15) is 4.79 Å². The first-order valence-electron chi connectivity index (χ1n) is 4.04. The molecular weight excluding hydrogens is 140 g/mol. The summed E-state index contributed by atoms with van der Waals surface area (Å²) in [6, 6.07) is 0.537. The first kappa shape index (κ1) is 13.2. The minimum absolute atomic E-state index is 0.537. The van der Waals surface area contributed by atoms with Gasteiger partial charge in [-0.2, -0.15) is 0 Å². The Hall–Kier alpha value is -0.410. The van der Waals surface area contributed by atoms with E-state index in [1.54, 1.807) is 0 Å². The first-order valence-corrected chi connectivity index (χ1v) is 4.04. The quantitative estimate of drug-likeness (QED) is 0.478. The SMILES string of the molecule is CCCC=O.CNNC(C)C. The highest BCUT2D eigenvalue weighted by Gasteiger charge is 1.81. The molecule has 0 rings (SSSR count). The largest absolute Gasteiger partial charge is 0.303 e. The summed E-state index contributed by atoms with van der Waals surface area (Å²) in [5.74, 6) is 0. The maximum absolute atomic E-state index is 9.40. The summed E-state index contributed by atoms with van der Waals surface area (Å²) in [7, 11) is 1.86. The van der Waals surface area contributed by atoms with Gasteiger partial charge in [-0.15, -0.1) is 0 Å². The number of carbonyl (C=O) groups excluding carboxylic acids is 1. The lowest BCUT2D eigenvalue weighted by molar-refractivity contribution is -0.107. The lowest BCUT2D eigenvalue weighted by Gasteiger charge is -2.02. The third kappa shape index (κ3) is 26.2. The van der Waals surface area contributed by atoms with E-state index in [1.165, 1.54) is 0 Å². The normalized spacial score (nSPS) is 8.82. The topological polar surface area (TPSA) is 41.1 Å². The second kappa shape index (κ2) is 12.3. The zero-order chi connectivity index (χ0) is 9.11. The molecule has 11 heavy (non-hydrogen) atoms. The molecule has 0 amide bonds. The van der Waals surface area contributed by atoms with Crippen LogP contribution in [0.1, 0.15) is 33.6 Å². The highest BCUT2D eigenvalue weighted by molar-refractivity contribution is 5.48. The Labute approximate surface area is 69.5 Å². The molecule has 0 fully saturated rings. The van der Waals surface area contributed by atoms with Gasteiger partial charge < -0.3 is 4.79 Å². The van der Waals surface area contributed by atoms with Gasteiger partial charge in [0, 0.05) is 12.5 Å². The zero-order valence-corrected chi connectivity index (χ0v) is 7.98. The van der Waals surface area contributed by atoms with E-state index in [4.69, 9.17) is 0 Å². The van der Waals surface area contributed by atoms with Crippen LogP contribution < -0.4 is 10.9 Å². The molecule has 0 aliphatic rings. The van der Waals surface area contributed by atoms with Gasteiger partial charge in [0.05, 0.1) is 0 Å². The van der Waals surface area contributed by atoms with Crippen LogP contribution in [0.5, 0.6) is 0 Å². The molecular formula is C8H20N2O. The molecule has 0 aromatic carbocycles. The molecule has 3 nitrogen and oxygen atoms in total. The Balaban J connectivity index is 0. The van der Waals surface area contributed by atoms with Crippen LogP contribution in [0.4, 0.5) is 0 Å². The van der Waals surface area contributed by atoms with E-state index in [1.807, 2.05) is 14.0 Å². The number of hydrogen-bond donors (Lipinski definition) is 2. The van der Waals surface area contributed by atoms with Crippen LogP contribution in [0, 0.1) is 0 Å². The molecule has 0 bridgehead atoms. The van der Waals surface area contributed by atoms with Crippen molar-refractivity contribution in [2.75, 3.05) is 7.05 Å². The first-order chi connectivity index (χ1) is 5.18. The molecule has 0 atom stereocenters. The second-order valence-corrected chi connectivity index (χ2v) is 2.50. The monoisotopic (exact) mass is 160 g/mol. The van der Waals surface area contributed by atoms with E-state index < -0.39 is 0 Å². The minimum atomic E-state index is 0.537. The van der Waals surface area contributed by atoms with Crippen LogP contribution in [0.15, 0.2) is 0 Å². The summed E-state index contributed by atoms with van der Waals surface area (Å²) < 4.78 is 0. The van der Waals surface area contributed by atoms with Gasteiger partial charge in [0.1, 0.15) is 6.29 Å². The summed E-state index contributed by atoms with van der Waals surface area (Å²) >= 11 is 0. The van der Waals surface area contributed by atoms with Crippen LogP contribution in [0.2, 0.25) is 0 Å². The summed E-state index contributed by atoms with van der Waals surface area (Å²) in [6.07, 6.45) is 2.61. The number of nitrogens with one attached hydrogen (secondary N) is 2. The molecule has 0 aliphatic carbocycles. The van der Waals surface area contributed by atoms with Gasteiger partial charge in [0.2, 0.25) is 0 Å². The van der Waals surface area contributed by atoms with Gasteiger partial charge in [-0.05, 0) is 27.3 Å². The molecule has 0 unspecified atom stereocenters. The van der Waals surface area contributed by atoms with Crippen molar-refractivity contribution in [1.29, 1.82) is 0 Å². The third-order valence-corrected chi connectivity index (χ3v) is 0.840. The lowest BCUT2D eigenvalue weighted by Crippen LogP contribution is -2.33. The summed E-state index contributed by atoms with van der Waals surface area (Å²) in [5.41, 5.74) is 5.78. The molecule has 3 heteroatoms. The number of hydrogen-bond acceptors (Lipinski definition) is 3. The molecule has 0 saturated heterocycles. The van der Waals surface area contributed by atoms with E-state index >= 15 is 0 Å². The predicted octanol–water partition coefficient (Wildman–Crippen LogP) is 1.10. The van der Waals surface area contributed by atoms with E-state index in [2.05, 4.69) is 24.7 Å². The van der Waals surface area contributed by atoms with Crippen molar-refractivity contribution in [3.8, 4) is 0 Å². The molecule has 0 aromatic rings. The Morgan fingerprint density at radius 2 is 2.00 bits per heavy atom. The molecule has 0 saturated carbocycles. The van der Waals surface area contributed by atoms with Crippen LogP contribution in [-0.2, 0) is 4.79 Å². The Bertz CT molecular complexity index is 74.5. The lowest BCUT2D eigenvalue weighted by atomic mass is 10.4. The van der Waals surface area contributed by atoms with E-state index in [-0.39, 0.29) is 0 Å². The number of hydrazine groups is 1. The summed E-state index contributed by atoms with van der Waals surface area (Å²) in [4.78, 5) is 9.40. The highest BCUT2D eigenvalue weighted by atomic mass is 16.1. The van der Waals surface area contributed by atoms with Crippen LogP contribution in [0.25, 0.3) is 0 Å². The highest BCUT2D eigenvalue weighted by Crippen LogP contribution is 1.74. The smallest absolute Gasteiger partial charge is 0.119 e. The van der Waals surface area contributed by atoms with Crippen molar-refractivity contribution in [3.05, 3.63) is 0 Å². The van der Waals surface area contributed by atoms with E-state index in [0.29, 0.717) is 12.5 Å². The molecule has 0 aliphatic heterocycles. The number of rotatable bonds is 4. The maximum atomic E-state index is 9.40. The van der Waals surface area contributed by atoms with Crippen molar-refractivity contribution >= 4 is 6.29 Å². The fraction of sp³-hybridized carbons (Fsp3) is 0.875. The Morgan fingerprint density at radius 3 is 2.00 bits per heavy atom. The molecule has 0 aromatic heterocycles.